The van der Waals surface area contributed by atoms with Gasteiger partial charge in [0.2, 0.25) is 5.91 Å². The zero-order valence-corrected chi connectivity index (χ0v) is 15.4. The van der Waals surface area contributed by atoms with Crippen molar-refractivity contribution < 1.29 is 19.1 Å². The van der Waals surface area contributed by atoms with Gasteiger partial charge in [-0.3, -0.25) is 14.4 Å². The number of amides is 2. The zero-order chi connectivity index (χ0) is 19.1. The second kappa shape index (κ2) is 9.22. The summed E-state index contributed by atoms with van der Waals surface area (Å²) in [5, 5.41) is 5.77. The Kier molecular flexibility index (Phi) is 7.00. The van der Waals surface area contributed by atoms with Gasteiger partial charge in [0.05, 0.1) is 11.6 Å². The minimum absolute atomic E-state index is 0.104. The van der Waals surface area contributed by atoms with E-state index in [2.05, 4.69) is 10.6 Å². The molecule has 2 aromatic rings. The van der Waals surface area contributed by atoms with Crippen molar-refractivity contribution in [2.75, 3.05) is 18.5 Å². The standard InChI is InChI=1S/C18H16Cl2N2O4/c1-11(23)12-3-2-4-14(7-12)22-17(24)9-21-18(25)10-26-16-6-5-13(19)8-15(16)20/h2-8H,9-10H2,1H3,(H,21,25)(H,22,24). The van der Waals surface area contributed by atoms with Crippen molar-refractivity contribution in [1.82, 2.24) is 5.32 Å². The molecule has 0 spiro atoms. The van der Waals surface area contributed by atoms with E-state index in [-0.39, 0.29) is 24.0 Å². The molecule has 2 aromatic carbocycles. The van der Waals surface area contributed by atoms with Gasteiger partial charge >= 0.3 is 0 Å². The molecule has 136 valence electrons. The first kappa shape index (κ1) is 19.8. The number of nitrogens with one attached hydrogen (secondary N) is 2. The Morgan fingerprint density at radius 1 is 1.04 bits per heavy atom. The number of ketones is 1. The minimum Gasteiger partial charge on any atom is -0.482 e. The molecule has 0 aliphatic rings. The molecule has 0 atom stereocenters. The van der Waals surface area contributed by atoms with E-state index in [9.17, 15) is 14.4 Å². The first-order valence-corrected chi connectivity index (χ1v) is 8.36. The first-order chi connectivity index (χ1) is 12.3. The highest BCUT2D eigenvalue weighted by molar-refractivity contribution is 6.35. The van der Waals surface area contributed by atoms with E-state index in [1.165, 1.54) is 13.0 Å². The second-order valence-corrected chi connectivity index (χ2v) is 6.17. The summed E-state index contributed by atoms with van der Waals surface area (Å²) in [6.07, 6.45) is 0. The topological polar surface area (TPSA) is 84.5 Å². The van der Waals surface area contributed by atoms with Crippen molar-refractivity contribution >= 4 is 46.5 Å². The van der Waals surface area contributed by atoms with Crippen LogP contribution in [0.2, 0.25) is 10.0 Å². The molecule has 0 aliphatic heterocycles. The van der Waals surface area contributed by atoms with Gasteiger partial charge in [0.25, 0.3) is 5.91 Å². The number of hydrogen-bond donors (Lipinski definition) is 2. The molecule has 6 nitrogen and oxygen atoms in total. The van der Waals surface area contributed by atoms with Gasteiger partial charge in [0.1, 0.15) is 5.75 Å². The molecule has 0 bridgehead atoms. The lowest BCUT2D eigenvalue weighted by Crippen LogP contribution is -2.35. The quantitative estimate of drug-likeness (QED) is 0.705. The van der Waals surface area contributed by atoms with Crippen molar-refractivity contribution in [3.8, 4) is 5.75 Å². The molecule has 2 rings (SSSR count). The number of rotatable bonds is 7. The maximum atomic E-state index is 11.9. The number of hydrogen-bond acceptors (Lipinski definition) is 4. The molecule has 26 heavy (non-hydrogen) atoms. The maximum absolute atomic E-state index is 11.9. The van der Waals surface area contributed by atoms with Crippen LogP contribution in [0, 0.1) is 0 Å². The molecule has 0 saturated carbocycles. The van der Waals surface area contributed by atoms with Gasteiger partial charge in [-0.15, -0.1) is 0 Å². The molecule has 0 aromatic heterocycles. The number of benzene rings is 2. The lowest BCUT2D eigenvalue weighted by Gasteiger charge is -2.10. The summed E-state index contributed by atoms with van der Waals surface area (Å²) in [7, 11) is 0. The van der Waals surface area contributed by atoms with E-state index in [0.717, 1.165) is 0 Å². The van der Waals surface area contributed by atoms with Gasteiger partial charge < -0.3 is 15.4 Å². The van der Waals surface area contributed by atoms with Crippen molar-refractivity contribution in [3.05, 3.63) is 58.1 Å². The van der Waals surface area contributed by atoms with Crippen LogP contribution in [0.4, 0.5) is 5.69 Å². The highest BCUT2D eigenvalue weighted by atomic mass is 35.5. The van der Waals surface area contributed by atoms with Crippen LogP contribution < -0.4 is 15.4 Å². The van der Waals surface area contributed by atoms with Crippen LogP contribution in [-0.4, -0.2) is 30.7 Å². The van der Waals surface area contributed by atoms with Gasteiger partial charge in [0, 0.05) is 16.3 Å². The average molecular weight is 395 g/mol. The number of Topliss-reactive ketones (excluding diaryl/α,β-unsaturated/α-hetero) is 1. The summed E-state index contributed by atoms with van der Waals surface area (Å²) in [5.74, 6) is -0.698. The van der Waals surface area contributed by atoms with Crippen molar-refractivity contribution in [1.29, 1.82) is 0 Å². The van der Waals surface area contributed by atoms with Gasteiger partial charge in [0.15, 0.2) is 12.4 Å². The molecule has 0 fully saturated rings. The van der Waals surface area contributed by atoms with Crippen LogP contribution in [0.3, 0.4) is 0 Å². The minimum atomic E-state index is -0.483. The van der Waals surface area contributed by atoms with Gasteiger partial charge in [-0.05, 0) is 37.3 Å². The Hall–Kier alpha value is -2.57. The van der Waals surface area contributed by atoms with E-state index >= 15 is 0 Å². The fraction of sp³-hybridized carbons (Fsp3) is 0.167. The highest BCUT2D eigenvalue weighted by Crippen LogP contribution is 2.27. The third-order valence-corrected chi connectivity index (χ3v) is 3.78. The summed E-state index contributed by atoms with van der Waals surface area (Å²) >= 11 is 11.7. The average Bonchev–Trinajstić information content (AvgIpc) is 2.59. The van der Waals surface area contributed by atoms with Crippen molar-refractivity contribution in [3.63, 3.8) is 0 Å². The predicted molar refractivity (Wildman–Crippen MR) is 100 cm³/mol. The molecular weight excluding hydrogens is 379 g/mol. The smallest absolute Gasteiger partial charge is 0.258 e. The summed E-state index contributed by atoms with van der Waals surface area (Å²) in [6.45, 7) is 0.906. The number of carbonyl (C=O) groups excluding carboxylic acids is 3. The maximum Gasteiger partial charge on any atom is 0.258 e. The Morgan fingerprint density at radius 3 is 2.50 bits per heavy atom. The lowest BCUT2D eigenvalue weighted by molar-refractivity contribution is -0.125. The Labute approximate surface area is 160 Å². The molecule has 0 aliphatic carbocycles. The monoisotopic (exact) mass is 394 g/mol. The number of ether oxygens (including phenoxy) is 1. The molecule has 0 heterocycles. The van der Waals surface area contributed by atoms with Crippen LogP contribution in [0.1, 0.15) is 17.3 Å². The van der Waals surface area contributed by atoms with Crippen molar-refractivity contribution in [2.24, 2.45) is 0 Å². The van der Waals surface area contributed by atoms with Gasteiger partial charge in [-0.2, -0.15) is 0 Å². The first-order valence-electron chi connectivity index (χ1n) is 7.60. The van der Waals surface area contributed by atoms with Gasteiger partial charge in [-0.1, -0.05) is 35.3 Å². The lowest BCUT2D eigenvalue weighted by atomic mass is 10.1. The summed E-state index contributed by atoms with van der Waals surface area (Å²) in [6, 6.07) is 11.2. The normalized spacial score (nSPS) is 10.1. The molecule has 0 radical (unpaired) electrons. The Balaban J connectivity index is 1.78. The predicted octanol–water partition coefficient (Wildman–Crippen LogP) is 3.33. The SMILES string of the molecule is CC(=O)c1cccc(NC(=O)CNC(=O)COc2ccc(Cl)cc2Cl)c1. The molecule has 0 unspecified atom stereocenters. The fourth-order valence-corrected chi connectivity index (χ4v) is 2.45. The van der Waals surface area contributed by atoms with Crippen LogP contribution in [-0.2, 0) is 9.59 Å². The van der Waals surface area contributed by atoms with Crippen LogP contribution in [0.15, 0.2) is 42.5 Å². The number of carbonyl (C=O) groups is 3. The third-order valence-electron chi connectivity index (χ3n) is 3.25. The molecular formula is C18H16Cl2N2O4. The van der Waals surface area contributed by atoms with E-state index in [1.807, 2.05) is 0 Å². The van der Waals surface area contributed by atoms with Crippen LogP contribution in [0.5, 0.6) is 5.75 Å². The van der Waals surface area contributed by atoms with E-state index in [0.29, 0.717) is 22.0 Å². The van der Waals surface area contributed by atoms with Crippen LogP contribution >= 0.6 is 23.2 Å². The van der Waals surface area contributed by atoms with Crippen LogP contribution in [0.25, 0.3) is 0 Å². The van der Waals surface area contributed by atoms with E-state index in [4.69, 9.17) is 27.9 Å². The Bertz CT molecular complexity index is 840. The third kappa shape index (κ3) is 6.06. The largest absolute Gasteiger partial charge is 0.482 e. The Morgan fingerprint density at radius 2 is 1.81 bits per heavy atom. The second-order valence-electron chi connectivity index (χ2n) is 5.33. The van der Waals surface area contributed by atoms with Crippen molar-refractivity contribution in [2.45, 2.75) is 6.92 Å². The summed E-state index contributed by atoms with van der Waals surface area (Å²) in [4.78, 5) is 35.0. The zero-order valence-electron chi connectivity index (χ0n) is 13.8. The summed E-state index contributed by atoms with van der Waals surface area (Å²) < 4.78 is 5.27. The number of anilines is 1. The van der Waals surface area contributed by atoms with E-state index in [1.54, 1.807) is 36.4 Å². The molecule has 0 saturated heterocycles. The fourth-order valence-electron chi connectivity index (χ4n) is 1.99. The highest BCUT2D eigenvalue weighted by Gasteiger charge is 2.09. The van der Waals surface area contributed by atoms with Gasteiger partial charge in [-0.25, -0.2) is 0 Å². The summed E-state index contributed by atoms with van der Waals surface area (Å²) in [5.41, 5.74) is 0.959. The van der Waals surface area contributed by atoms with E-state index < -0.39 is 11.8 Å². The molecule has 2 N–H and O–H groups in total. The molecule has 8 heteroatoms. The molecule has 2 amide bonds. The number of halogens is 2.